The van der Waals surface area contributed by atoms with Gasteiger partial charge in [0.1, 0.15) is 5.75 Å². The minimum Gasteiger partial charge on any atom is -0.484 e. The van der Waals surface area contributed by atoms with Crippen LogP contribution in [0.25, 0.3) is 0 Å². The molecule has 2 heterocycles. The molecule has 4 rings (SSSR count). The van der Waals surface area contributed by atoms with E-state index in [0.717, 1.165) is 22.4 Å². The Kier molecular flexibility index (Phi) is 7.28. The second-order valence-electron chi connectivity index (χ2n) is 8.22. The monoisotopic (exact) mass is 488 g/mol. The summed E-state index contributed by atoms with van der Waals surface area (Å²) in [6, 6.07) is 15.3. The fourth-order valence-electron chi connectivity index (χ4n) is 3.71. The lowest BCUT2D eigenvalue weighted by Gasteiger charge is -2.33. The summed E-state index contributed by atoms with van der Waals surface area (Å²) < 4.78 is 40.1. The van der Waals surface area contributed by atoms with Crippen molar-refractivity contribution in [2.24, 2.45) is 0 Å². The van der Waals surface area contributed by atoms with E-state index in [0.29, 0.717) is 38.7 Å². The van der Waals surface area contributed by atoms with Crippen LogP contribution in [0.3, 0.4) is 0 Å². The van der Waals surface area contributed by atoms with Crippen molar-refractivity contribution in [3.05, 3.63) is 75.9 Å². The van der Waals surface area contributed by atoms with Gasteiger partial charge in [0, 0.05) is 26.2 Å². The highest BCUT2D eigenvalue weighted by Gasteiger charge is 2.27. The molecule has 0 N–H and O–H groups in total. The third-order valence-electron chi connectivity index (χ3n) is 5.59. The smallest absolute Gasteiger partial charge is 0.288 e. The van der Waals surface area contributed by atoms with E-state index < -0.39 is 10.0 Å². The first kappa shape index (κ1) is 23.6. The Hall–Kier alpha value is -2.53. The van der Waals surface area contributed by atoms with Crippen molar-refractivity contribution in [3.8, 4) is 5.75 Å². The molecule has 1 aliphatic rings. The number of hydrogen-bond acceptors (Lipinski definition) is 7. The Balaban J connectivity index is 1.31. The molecule has 1 saturated heterocycles. The Morgan fingerprint density at radius 3 is 2.52 bits per heavy atom. The highest BCUT2D eigenvalue weighted by Crippen LogP contribution is 2.20. The summed E-state index contributed by atoms with van der Waals surface area (Å²) in [6.07, 6.45) is 0. The molecule has 1 aromatic heterocycles. The first-order valence-electron chi connectivity index (χ1n) is 10.8. The van der Waals surface area contributed by atoms with Crippen molar-refractivity contribution in [2.75, 3.05) is 26.2 Å². The van der Waals surface area contributed by atoms with Crippen molar-refractivity contribution < 1.29 is 17.6 Å². The Bertz CT molecular complexity index is 1250. The molecule has 0 amide bonds. The van der Waals surface area contributed by atoms with Gasteiger partial charge in [0.05, 0.1) is 12.4 Å². The lowest BCUT2D eigenvalue weighted by atomic mass is 10.1. The molecule has 176 valence electrons. The van der Waals surface area contributed by atoms with Gasteiger partial charge in [-0.15, -0.1) is 5.10 Å². The molecular formula is C23H28N4O4S2. The minimum absolute atomic E-state index is 0.0198. The number of sulfonamides is 1. The summed E-state index contributed by atoms with van der Waals surface area (Å²) in [5.74, 6) is 1.22. The summed E-state index contributed by atoms with van der Waals surface area (Å²) in [4.78, 5) is 2.39. The summed E-state index contributed by atoms with van der Waals surface area (Å²) in [5, 5.41) is 4.44. The maximum absolute atomic E-state index is 12.8. The number of aryl methyl sites for hydroxylation is 2. The van der Waals surface area contributed by atoms with Gasteiger partial charge in [-0.25, -0.2) is 13.1 Å². The molecule has 2 aromatic carbocycles. The van der Waals surface area contributed by atoms with Crippen LogP contribution >= 0.6 is 12.2 Å². The van der Waals surface area contributed by atoms with E-state index in [1.807, 2.05) is 62.4 Å². The zero-order chi connectivity index (χ0) is 23.4. The van der Waals surface area contributed by atoms with E-state index in [4.69, 9.17) is 21.4 Å². The number of rotatable bonds is 8. The van der Waals surface area contributed by atoms with Gasteiger partial charge in [0.15, 0.2) is 6.61 Å². The van der Waals surface area contributed by atoms with E-state index in [-0.39, 0.29) is 17.2 Å². The number of nitrogens with zero attached hydrogens (tertiary/aromatic N) is 4. The molecule has 10 heteroatoms. The fourth-order valence-corrected chi connectivity index (χ4v) is 5.42. The van der Waals surface area contributed by atoms with Crippen LogP contribution < -0.4 is 4.74 Å². The molecule has 0 radical (unpaired) electrons. The molecule has 0 aliphatic carbocycles. The van der Waals surface area contributed by atoms with Gasteiger partial charge in [0.2, 0.25) is 10.0 Å². The number of benzene rings is 2. The van der Waals surface area contributed by atoms with Gasteiger partial charge < -0.3 is 9.15 Å². The molecule has 0 unspecified atom stereocenters. The lowest BCUT2D eigenvalue weighted by Crippen LogP contribution is -2.49. The van der Waals surface area contributed by atoms with Crippen molar-refractivity contribution in [1.82, 2.24) is 19.0 Å². The Labute approximate surface area is 199 Å². The van der Waals surface area contributed by atoms with Crippen LogP contribution in [-0.4, -0.2) is 53.6 Å². The van der Waals surface area contributed by atoms with Crippen LogP contribution in [0.4, 0.5) is 0 Å². The largest absolute Gasteiger partial charge is 0.484 e. The first-order valence-corrected chi connectivity index (χ1v) is 12.8. The maximum atomic E-state index is 12.8. The molecule has 8 nitrogen and oxygen atoms in total. The van der Waals surface area contributed by atoms with E-state index in [9.17, 15) is 8.42 Å². The minimum atomic E-state index is -3.35. The Morgan fingerprint density at radius 2 is 1.79 bits per heavy atom. The van der Waals surface area contributed by atoms with E-state index in [1.165, 1.54) is 0 Å². The summed E-state index contributed by atoms with van der Waals surface area (Å²) >= 11 is 5.32. The molecule has 33 heavy (non-hydrogen) atoms. The van der Waals surface area contributed by atoms with Crippen LogP contribution in [0.5, 0.6) is 5.75 Å². The van der Waals surface area contributed by atoms with Gasteiger partial charge in [-0.2, -0.15) is 4.31 Å². The molecule has 0 spiro atoms. The van der Waals surface area contributed by atoms with Crippen LogP contribution in [0, 0.1) is 18.7 Å². The van der Waals surface area contributed by atoms with Crippen molar-refractivity contribution in [1.29, 1.82) is 0 Å². The molecule has 1 aliphatic heterocycles. The molecule has 0 bridgehead atoms. The van der Waals surface area contributed by atoms with E-state index >= 15 is 0 Å². The lowest BCUT2D eigenvalue weighted by molar-refractivity contribution is 0.143. The first-order chi connectivity index (χ1) is 15.8. The SMILES string of the molecule is Cc1ccc(C)c(OCc2nn(CN3CCN(S(=O)(=O)Cc4ccccc4)CC3)c(=S)o2)c1. The number of ether oxygens (including phenoxy) is 1. The molecule has 0 saturated carbocycles. The van der Waals surface area contributed by atoms with Crippen molar-refractivity contribution >= 4 is 22.2 Å². The van der Waals surface area contributed by atoms with Gasteiger partial charge in [-0.3, -0.25) is 4.90 Å². The predicted molar refractivity (Wildman–Crippen MR) is 128 cm³/mol. The average Bonchev–Trinajstić information content (AvgIpc) is 3.14. The number of hydrogen-bond donors (Lipinski definition) is 0. The highest BCUT2D eigenvalue weighted by molar-refractivity contribution is 7.88. The van der Waals surface area contributed by atoms with Crippen LogP contribution in [0.1, 0.15) is 22.6 Å². The predicted octanol–water partition coefficient (Wildman–Crippen LogP) is 3.51. The second kappa shape index (κ2) is 10.2. The van der Waals surface area contributed by atoms with Gasteiger partial charge in [-0.1, -0.05) is 42.5 Å². The Morgan fingerprint density at radius 1 is 1.06 bits per heavy atom. The van der Waals surface area contributed by atoms with Gasteiger partial charge in [0.25, 0.3) is 10.7 Å². The quantitative estimate of drug-likeness (QED) is 0.449. The average molecular weight is 489 g/mol. The molecule has 0 atom stereocenters. The van der Waals surface area contributed by atoms with Gasteiger partial charge >= 0.3 is 0 Å². The topological polar surface area (TPSA) is 80.8 Å². The van der Waals surface area contributed by atoms with Gasteiger partial charge in [-0.05, 0) is 48.8 Å². The highest BCUT2D eigenvalue weighted by atomic mass is 32.2. The standard InChI is InChI=1S/C23H28N4O4S2/c1-18-8-9-19(2)21(14-18)30-15-22-24-27(23(32)31-22)17-25-10-12-26(13-11-25)33(28,29)16-20-6-4-3-5-7-20/h3-9,14H,10-13,15-17H2,1-2H3. The van der Waals surface area contributed by atoms with Crippen molar-refractivity contribution in [2.45, 2.75) is 32.9 Å². The van der Waals surface area contributed by atoms with Crippen LogP contribution in [0.15, 0.2) is 52.9 Å². The molecule has 1 fully saturated rings. The molecular weight excluding hydrogens is 460 g/mol. The van der Waals surface area contributed by atoms with Crippen LogP contribution in [-0.2, 0) is 29.1 Å². The zero-order valence-corrected chi connectivity index (χ0v) is 20.4. The van der Waals surface area contributed by atoms with E-state index in [2.05, 4.69) is 10.00 Å². The zero-order valence-electron chi connectivity index (χ0n) is 18.8. The number of aromatic nitrogens is 2. The summed E-state index contributed by atoms with van der Waals surface area (Å²) in [7, 11) is -3.35. The molecule has 3 aromatic rings. The van der Waals surface area contributed by atoms with Crippen LogP contribution in [0.2, 0.25) is 0 Å². The maximum Gasteiger partial charge on any atom is 0.288 e. The second-order valence-corrected chi connectivity index (χ2v) is 10.5. The normalized spacial score (nSPS) is 15.6. The summed E-state index contributed by atoms with van der Waals surface area (Å²) in [5.41, 5.74) is 2.95. The number of piperazine rings is 1. The van der Waals surface area contributed by atoms with E-state index in [1.54, 1.807) is 8.99 Å². The van der Waals surface area contributed by atoms with Crippen molar-refractivity contribution in [3.63, 3.8) is 0 Å². The summed E-state index contributed by atoms with van der Waals surface area (Å²) in [6.45, 7) is 6.69. The third-order valence-corrected chi connectivity index (χ3v) is 7.74. The fraction of sp³-hybridized carbons (Fsp3) is 0.391. The third kappa shape index (κ3) is 6.08.